The standard InChI is InChI=1S/C15H21NO/c1-17-14-6-3-2-5-13(14)15(8-4-9-15)12-7-10-16-11-12/h2-3,5-6,12,16H,4,7-11H2,1H3. The Morgan fingerprint density at radius 1 is 1.29 bits per heavy atom. The molecule has 1 aliphatic carbocycles. The molecular weight excluding hydrogens is 210 g/mol. The zero-order valence-corrected chi connectivity index (χ0v) is 10.5. The number of methoxy groups -OCH3 is 1. The summed E-state index contributed by atoms with van der Waals surface area (Å²) in [7, 11) is 1.79. The van der Waals surface area contributed by atoms with Crippen LogP contribution in [0.25, 0.3) is 0 Å². The van der Waals surface area contributed by atoms with E-state index in [4.69, 9.17) is 4.74 Å². The lowest BCUT2D eigenvalue weighted by molar-refractivity contribution is 0.152. The van der Waals surface area contributed by atoms with Crippen molar-refractivity contribution < 1.29 is 4.74 Å². The topological polar surface area (TPSA) is 21.3 Å². The van der Waals surface area contributed by atoms with Gasteiger partial charge >= 0.3 is 0 Å². The van der Waals surface area contributed by atoms with Gasteiger partial charge in [0, 0.05) is 11.0 Å². The third-order valence-corrected chi connectivity index (χ3v) is 4.73. The Hall–Kier alpha value is -1.02. The van der Waals surface area contributed by atoms with Crippen LogP contribution in [-0.4, -0.2) is 20.2 Å². The maximum Gasteiger partial charge on any atom is 0.122 e. The Kier molecular flexibility index (Phi) is 2.83. The first kappa shape index (κ1) is 11.1. The second-order valence-corrected chi connectivity index (χ2v) is 5.40. The molecule has 1 atom stereocenters. The van der Waals surface area contributed by atoms with Gasteiger partial charge in [-0.2, -0.15) is 0 Å². The molecule has 2 aliphatic rings. The summed E-state index contributed by atoms with van der Waals surface area (Å²) in [5.41, 5.74) is 1.85. The van der Waals surface area contributed by atoms with Crippen LogP contribution in [0, 0.1) is 5.92 Å². The lowest BCUT2D eigenvalue weighted by Crippen LogP contribution is -2.43. The van der Waals surface area contributed by atoms with Crippen LogP contribution in [-0.2, 0) is 5.41 Å². The van der Waals surface area contributed by atoms with Gasteiger partial charge in [0.15, 0.2) is 0 Å². The number of nitrogens with one attached hydrogen (secondary N) is 1. The van der Waals surface area contributed by atoms with Crippen LogP contribution in [0.4, 0.5) is 0 Å². The molecule has 1 aliphatic heterocycles. The van der Waals surface area contributed by atoms with Crippen LogP contribution in [0.1, 0.15) is 31.2 Å². The van der Waals surface area contributed by atoms with Gasteiger partial charge in [0.2, 0.25) is 0 Å². The van der Waals surface area contributed by atoms with E-state index in [1.165, 1.54) is 44.3 Å². The quantitative estimate of drug-likeness (QED) is 0.863. The number of hydrogen-bond donors (Lipinski definition) is 1. The van der Waals surface area contributed by atoms with Crippen molar-refractivity contribution in [2.24, 2.45) is 5.92 Å². The molecule has 1 unspecified atom stereocenters. The van der Waals surface area contributed by atoms with Crippen molar-refractivity contribution in [3.05, 3.63) is 29.8 Å². The molecule has 3 rings (SSSR count). The molecule has 1 aromatic rings. The minimum Gasteiger partial charge on any atom is -0.496 e. The van der Waals surface area contributed by atoms with Gasteiger partial charge in [0.25, 0.3) is 0 Å². The van der Waals surface area contributed by atoms with Crippen LogP contribution in [0.5, 0.6) is 5.75 Å². The van der Waals surface area contributed by atoms with Gasteiger partial charge in [-0.25, -0.2) is 0 Å². The normalized spacial score (nSPS) is 26.5. The number of rotatable bonds is 3. The van der Waals surface area contributed by atoms with Gasteiger partial charge in [0.05, 0.1) is 7.11 Å². The van der Waals surface area contributed by atoms with E-state index in [2.05, 4.69) is 29.6 Å². The molecule has 1 saturated heterocycles. The van der Waals surface area contributed by atoms with E-state index in [9.17, 15) is 0 Å². The van der Waals surface area contributed by atoms with Crippen LogP contribution in [0.15, 0.2) is 24.3 Å². The molecular formula is C15H21NO. The highest BCUT2D eigenvalue weighted by Gasteiger charge is 2.47. The highest BCUT2D eigenvalue weighted by atomic mass is 16.5. The zero-order chi connectivity index (χ0) is 11.7. The summed E-state index contributed by atoms with van der Waals surface area (Å²) in [5, 5.41) is 3.51. The fraction of sp³-hybridized carbons (Fsp3) is 0.600. The molecule has 1 aromatic carbocycles. The summed E-state index contributed by atoms with van der Waals surface area (Å²) >= 11 is 0. The zero-order valence-electron chi connectivity index (χ0n) is 10.5. The smallest absolute Gasteiger partial charge is 0.122 e. The lowest BCUT2D eigenvalue weighted by atomic mass is 9.57. The first-order valence-corrected chi connectivity index (χ1v) is 6.71. The van der Waals surface area contributed by atoms with Crippen molar-refractivity contribution in [2.45, 2.75) is 31.1 Å². The van der Waals surface area contributed by atoms with E-state index in [-0.39, 0.29) is 0 Å². The molecule has 17 heavy (non-hydrogen) atoms. The molecule has 2 heteroatoms. The predicted octanol–water partition coefficient (Wildman–Crippen LogP) is 2.73. The minimum atomic E-state index is 0.399. The Bertz CT molecular complexity index is 392. The molecule has 1 N–H and O–H groups in total. The summed E-state index contributed by atoms with van der Waals surface area (Å²) < 4.78 is 5.57. The van der Waals surface area contributed by atoms with Crippen LogP contribution in [0.3, 0.4) is 0 Å². The van der Waals surface area contributed by atoms with E-state index in [0.29, 0.717) is 5.41 Å². The van der Waals surface area contributed by atoms with Crippen molar-refractivity contribution in [1.82, 2.24) is 5.32 Å². The van der Waals surface area contributed by atoms with E-state index >= 15 is 0 Å². The van der Waals surface area contributed by atoms with Crippen molar-refractivity contribution >= 4 is 0 Å². The van der Waals surface area contributed by atoms with Gasteiger partial charge in [-0.1, -0.05) is 24.6 Å². The molecule has 1 saturated carbocycles. The SMILES string of the molecule is COc1ccccc1C1(C2CCNC2)CCC1. The summed E-state index contributed by atoms with van der Waals surface area (Å²) in [4.78, 5) is 0. The molecule has 0 spiro atoms. The highest BCUT2D eigenvalue weighted by Crippen LogP contribution is 2.53. The van der Waals surface area contributed by atoms with E-state index in [0.717, 1.165) is 11.7 Å². The van der Waals surface area contributed by atoms with Crippen molar-refractivity contribution in [3.8, 4) is 5.75 Å². The maximum absolute atomic E-state index is 5.57. The largest absolute Gasteiger partial charge is 0.496 e. The fourth-order valence-corrected chi connectivity index (χ4v) is 3.64. The number of para-hydroxylation sites is 1. The molecule has 2 nitrogen and oxygen atoms in total. The van der Waals surface area contributed by atoms with E-state index in [1.807, 2.05) is 0 Å². The fourth-order valence-electron chi connectivity index (χ4n) is 3.64. The second kappa shape index (κ2) is 4.34. The second-order valence-electron chi connectivity index (χ2n) is 5.40. The molecule has 92 valence electrons. The van der Waals surface area contributed by atoms with Gasteiger partial charge in [-0.15, -0.1) is 0 Å². The predicted molar refractivity (Wildman–Crippen MR) is 69.5 cm³/mol. The highest BCUT2D eigenvalue weighted by molar-refractivity contribution is 5.42. The van der Waals surface area contributed by atoms with Gasteiger partial charge < -0.3 is 10.1 Å². The Morgan fingerprint density at radius 3 is 2.71 bits per heavy atom. The van der Waals surface area contributed by atoms with Crippen LogP contribution >= 0.6 is 0 Å². The summed E-state index contributed by atoms with van der Waals surface area (Å²) in [5.74, 6) is 1.88. The number of ether oxygens (including phenoxy) is 1. The summed E-state index contributed by atoms with van der Waals surface area (Å²) in [6.45, 7) is 2.36. The molecule has 1 heterocycles. The van der Waals surface area contributed by atoms with E-state index in [1.54, 1.807) is 7.11 Å². The van der Waals surface area contributed by atoms with Gasteiger partial charge in [-0.3, -0.25) is 0 Å². The van der Waals surface area contributed by atoms with Gasteiger partial charge in [-0.05, 0) is 44.3 Å². The number of benzene rings is 1. The third kappa shape index (κ3) is 1.66. The minimum absolute atomic E-state index is 0.399. The van der Waals surface area contributed by atoms with Crippen LogP contribution < -0.4 is 10.1 Å². The van der Waals surface area contributed by atoms with E-state index < -0.39 is 0 Å². The Labute approximate surface area is 103 Å². The molecule has 2 fully saturated rings. The molecule has 0 aromatic heterocycles. The van der Waals surface area contributed by atoms with Crippen molar-refractivity contribution in [1.29, 1.82) is 0 Å². The number of hydrogen-bond acceptors (Lipinski definition) is 2. The first-order valence-electron chi connectivity index (χ1n) is 6.71. The van der Waals surface area contributed by atoms with Crippen LogP contribution in [0.2, 0.25) is 0 Å². The van der Waals surface area contributed by atoms with Gasteiger partial charge in [0.1, 0.15) is 5.75 Å². The maximum atomic E-state index is 5.57. The molecule has 0 amide bonds. The lowest BCUT2D eigenvalue weighted by Gasteiger charge is -2.47. The average molecular weight is 231 g/mol. The molecule has 0 bridgehead atoms. The Morgan fingerprint density at radius 2 is 2.12 bits per heavy atom. The summed E-state index contributed by atoms with van der Waals surface area (Å²) in [6, 6.07) is 8.61. The summed E-state index contributed by atoms with van der Waals surface area (Å²) in [6.07, 6.45) is 5.35. The first-order chi connectivity index (χ1) is 8.37. The average Bonchev–Trinajstić information content (AvgIpc) is 2.82. The van der Waals surface area contributed by atoms with Crippen molar-refractivity contribution in [3.63, 3.8) is 0 Å². The molecule has 0 radical (unpaired) electrons. The third-order valence-electron chi connectivity index (χ3n) is 4.73. The van der Waals surface area contributed by atoms with Crippen molar-refractivity contribution in [2.75, 3.05) is 20.2 Å². The monoisotopic (exact) mass is 231 g/mol. The Balaban J connectivity index is 1.98.